The Labute approximate surface area is 117 Å². The summed E-state index contributed by atoms with van der Waals surface area (Å²) in [5.41, 5.74) is 5.90. The molecular formula is C13H11F3N4O. The molecule has 2 aromatic rings. The van der Waals surface area contributed by atoms with Crippen LogP contribution in [0.4, 0.5) is 24.5 Å². The van der Waals surface area contributed by atoms with Gasteiger partial charge in [-0.1, -0.05) is 0 Å². The zero-order chi connectivity index (χ0) is 15.1. The van der Waals surface area contributed by atoms with E-state index in [1.165, 1.54) is 0 Å². The summed E-state index contributed by atoms with van der Waals surface area (Å²) in [6.45, 7) is 0. The number of aromatic amines is 1. The van der Waals surface area contributed by atoms with Crippen molar-refractivity contribution in [3.8, 4) is 0 Å². The molecule has 1 heterocycles. The van der Waals surface area contributed by atoms with Crippen molar-refractivity contribution < 1.29 is 18.0 Å². The molecule has 21 heavy (non-hydrogen) atoms. The second-order valence-electron chi connectivity index (χ2n) is 4.88. The molecule has 1 fully saturated rings. The molecule has 0 atom stereocenters. The number of carbonyl (C=O) groups excluding carboxylic acids is 1. The molecule has 1 aromatic heterocycles. The Balaban J connectivity index is 1.87. The zero-order valence-electron chi connectivity index (χ0n) is 10.7. The lowest BCUT2D eigenvalue weighted by Gasteiger charge is -2.06. The number of nitrogen functional groups attached to an aromatic ring is 1. The van der Waals surface area contributed by atoms with Crippen molar-refractivity contribution in [3.05, 3.63) is 41.0 Å². The molecule has 1 aliphatic rings. The van der Waals surface area contributed by atoms with Gasteiger partial charge in [-0.2, -0.15) is 5.10 Å². The fourth-order valence-corrected chi connectivity index (χ4v) is 2.05. The highest BCUT2D eigenvalue weighted by Gasteiger charge is 2.30. The normalized spacial score (nSPS) is 14.2. The topological polar surface area (TPSA) is 83.8 Å². The molecule has 0 saturated heterocycles. The molecule has 1 aliphatic carbocycles. The number of H-pyrrole nitrogens is 1. The van der Waals surface area contributed by atoms with Crippen LogP contribution < -0.4 is 11.1 Å². The van der Waals surface area contributed by atoms with Gasteiger partial charge < -0.3 is 11.1 Å². The maximum atomic E-state index is 13.5. The summed E-state index contributed by atoms with van der Waals surface area (Å²) in [4.78, 5) is 12.0. The van der Waals surface area contributed by atoms with E-state index in [0.717, 1.165) is 12.8 Å². The monoisotopic (exact) mass is 296 g/mol. The molecule has 8 heteroatoms. The number of nitrogens with one attached hydrogen (secondary N) is 2. The van der Waals surface area contributed by atoms with Gasteiger partial charge in [0.05, 0.1) is 17.1 Å². The van der Waals surface area contributed by atoms with Gasteiger partial charge in [0.25, 0.3) is 5.91 Å². The number of aromatic nitrogens is 2. The van der Waals surface area contributed by atoms with Gasteiger partial charge in [0.1, 0.15) is 5.82 Å². The number of nitrogens with two attached hydrogens (primary N) is 1. The molecule has 0 bridgehead atoms. The summed E-state index contributed by atoms with van der Waals surface area (Å²) in [6.07, 6.45) is 1.91. The molecule has 0 radical (unpaired) electrons. The van der Waals surface area contributed by atoms with Gasteiger partial charge in [-0.25, -0.2) is 13.2 Å². The Morgan fingerprint density at radius 2 is 2.05 bits per heavy atom. The summed E-state index contributed by atoms with van der Waals surface area (Å²) < 4.78 is 39.6. The Kier molecular flexibility index (Phi) is 3.08. The summed E-state index contributed by atoms with van der Waals surface area (Å²) >= 11 is 0. The zero-order valence-corrected chi connectivity index (χ0v) is 10.7. The summed E-state index contributed by atoms with van der Waals surface area (Å²) in [5, 5.41) is 8.50. The van der Waals surface area contributed by atoms with E-state index in [4.69, 9.17) is 5.73 Å². The lowest BCUT2D eigenvalue weighted by molar-refractivity contribution is 0.102. The van der Waals surface area contributed by atoms with Gasteiger partial charge in [-0.15, -0.1) is 0 Å². The van der Waals surface area contributed by atoms with Crippen molar-refractivity contribution in [2.75, 3.05) is 11.1 Å². The second kappa shape index (κ2) is 4.80. The minimum Gasteiger partial charge on any atom is -0.395 e. The number of benzene rings is 1. The second-order valence-corrected chi connectivity index (χ2v) is 4.88. The van der Waals surface area contributed by atoms with Crippen LogP contribution in [0.15, 0.2) is 12.1 Å². The van der Waals surface area contributed by atoms with Crippen LogP contribution >= 0.6 is 0 Å². The average Bonchev–Trinajstić information content (AvgIpc) is 3.18. The van der Waals surface area contributed by atoms with Crippen molar-refractivity contribution >= 4 is 17.3 Å². The number of rotatable bonds is 3. The molecule has 4 N–H and O–H groups in total. The van der Waals surface area contributed by atoms with E-state index in [9.17, 15) is 18.0 Å². The van der Waals surface area contributed by atoms with Gasteiger partial charge >= 0.3 is 0 Å². The Morgan fingerprint density at radius 1 is 1.33 bits per heavy atom. The molecule has 1 saturated carbocycles. The van der Waals surface area contributed by atoms with Crippen molar-refractivity contribution in [2.45, 2.75) is 18.8 Å². The van der Waals surface area contributed by atoms with Gasteiger partial charge in [-0.05, 0) is 12.8 Å². The number of halogens is 3. The molecule has 0 spiro atoms. The van der Waals surface area contributed by atoms with Crippen LogP contribution in [0.25, 0.3) is 0 Å². The lowest BCUT2D eigenvalue weighted by atomic mass is 10.2. The quantitative estimate of drug-likeness (QED) is 0.761. The highest BCUT2D eigenvalue weighted by molar-refractivity contribution is 6.06. The third kappa shape index (κ3) is 2.44. The third-order valence-electron chi connectivity index (χ3n) is 3.28. The molecule has 1 aromatic carbocycles. The molecule has 3 rings (SSSR count). The number of nitrogens with zero attached hydrogens (tertiary/aromatic N) is 1. The number of hydrogen-bond donors (Lipinski definition) is 3. The van der Waals surface area contributed by atoms with Crippen LogP contribution in [0, 0.1) is 17.5 Å². The molecule has 110 valence electrons. The predicted octanol–water partition coefficient (Wildman–Crippen LogP) is 2.54. The first-order valence-electron chi connectivity index (χ1n) is 6.27. The number of anilines is 2. The fourth-order valence-electron chi connectivity index (χ4n) is 2.05. The minimum absolute atomic E-state index is 0.124. The SMILES string of the molecule is Nc1c(C(=O)Nc2cc(F)cc(F)c2F)n[nH]c1C1CC1. The summed E-state index contributed by atoms with van der Waals surface area (Å²) in [5.74, 6) is -4.32. The Bertz CT molecular complexity index is 724. The van der Waals surface area contributed by atoms with Crippen LogP contribution in [-0.4, -0.2) is 16.1 Å². The molecular weight excluding hydrogens is 285 g/mol. The van der Waals surface area contributed by atoms with E-state index in [-0.39, 0.29) is 17.3 Å². The van der Waals surface area contributed by atoms with Crippen LogP contribution in [0.2, 0.25) is 0 Å². The molecule has 0 aliphatic heterocycles. The first kappa shape index (κ1) is 13.5. The van der Waals surface area contributed by atoms with Crippen LogP contribution in [0.1, 0.15) is 34.9 Å². The fraction of sp³-hybridized carbons (Fsp3) is 0.231. The standard InChI is InChI=1S/C13H11F3N4O/c14-6-3-7(15)9(16)8(4-6)18-13(21)12-10(17)11(19-20-12)5-1-2-5/h3-5H,1-2,17H2,(H,18,21)(H,19,20). The number of hydrogen-bond acceptors (Lipinski definition) is 3. The lowest BCUT2D eigenvalue weighted by Crippen LogP contribution is -2.16. The van der Waals surface area contributed by atoms with Crippen molar-refractivity contribution in [1.29, 1.82) is 0 Å². The van der Waals surface area contributed by atoms with Crippen molar-refractivity contribution in [3.63, 3.8) is 0 Å². The largest absolute Gasteiger partial charge is 0.395 e. The van der Waals surface area contributed by atoms with Crippen LogP contribution in [-0.2, 0) is 0 Å². The number of carbonyl (C=O) groups is 1. The predicted molar refractivity (Wildman–Crippen MR) is 69.2 cm³/mol. The highest BCUT2D eigenvalue weighted by Crippen LogP contribution is 2.42. The van der Waals surface area contributed by atoms with E-state index in [1.54, 1.807) is 0 Å². The van der Waals surface area contributed by atoms with Gasteiger partial charge in [0, 0.05) is 18.1 Å². The van der Waals surface area contributed by atoms with E-state index in [1.807, 2.05) is 0 Å². The minimum atomic E-state index is -1.39. The van der Waals surface area contributed by atoms with Crippen molar-refractivity contribution in [1.82, 2.24) is 10.2 Å². The summed E-state index contributed by atoms with van der Waals surface area (Å²) in [6, 6.07) is 1.07. The molecule has 1 amide bonds. The van der Waals surface area contributed by atoms with Gasteiger partial charge in [0.15, 0.2) is 17.3 Å². The van der Waals surface area contributed by atoms with Gasteiger partial charge in [-0.3, -0.25) is 9.89 Å². The van der Waals surface area contributed by atoms with Gasteiger partial charge in [0.2, 0.25) is 0 Å². The van der Waals surface area contributed by atoms with Crippen LogP contribution in [0.3, 0.4) is 0 Å². The third-order valence-corrected chi connectivity index (χ3v) is 3.28. The maximum absolute atomic E-state index is 13.5. The van der Waals surface area contributed by atoms with Crippen LogP contribution in [0.5, 0.6) is 0 Å². The van der Waals surface area contributed by atoms with E-state index >= 15 is 0 Å². The molecule has 5 nitrogen and oxygen atoms in total. The Hall–Kier alpha value is -2.51. The van der Waals surface area contributed by atoms with E-state index in [0.29, 0.717) is 17.8 Å². The van der Waals surface area contributed by atoms with Crippen molar-refractivity contribution in [2.24, 2.45) is 0 Å². The first-order valence-corrected chi connectivity index (χ1v) is 6.27. The average molecular weight is 296 g/mol. The first-order chi connectivity index (χ1) is 9.97. The smallest absolute Gasteiger partial charge is 0.278 e. The molecule has 0 unspecified atom stereocenters. The summed E-state index contributed by atoms with van der Waals surface area (Å²) in [7, 11) is 0. The highest BCUT2D eigenvalue weighted by atomic mass is 19.2. The maximum Gasteiger partial charge on any atom is 0.278 e. The van der Waals surface area contributed by atoms with E-state index in [2.05, 4.69) is 15.5 Å². The number of amides is 1. The van der Waals surface area contributed by atoms with E-state index < -0.39 is 29.0 Å². The Morgan fingerprint density at radius 3 is 2.71 bits per heavy atom.